The number of hydrogen-bond donors (Lipinski definition) is 0. The van der Waals surface area contributed by atoms with Crippen molar-refractivity contribution in [1.29, 1.82) is 0 Å². The van der Waals surface area contributed by atoms with Crippen molar-refractivity contribution in [3.8, 4) is 0 Å². The van der Waals surface area contributed by atoms with Gasteiger partial charge in [0.05, 0.1) is 5.56 Å². The van der Waals surface area contributed by atoms with Crippen molar-refractivity contribution in [3.63, 3.8) is 0 Å². The van der Waals surface area contributed by atoms with E-state index < -0.39 is 0 Å². The molecule has 0 aliphatic carbocycles. The van der Waals surface area contributed by atoms with Gasteiger partial charge in [0.15, 0.2) is 0 Å². The lowest BCUT2D eigenvalue weighted by molar-refractivity contribution is 0.0261. The molecule has 1 atom stereocenters. The molecule has 25 heavy (non-hydrogen) atoms. The van der Waals surface area contributed by atoms with Gasteiger partial charge in [-0.1, -0.05) is 51.8 Å². The van der Waals surface area contributed by atoms with Crippen LogP contribution in [-0.4, -0.2) is 48.1 Å². The largest absolute Gasteiger partial charge is 0.457 e. The van der Waals surface area contributed by atoms with E-state index in [-0.39, 0.29) is 12.1 Å². The van der Waals surface area contributed by atoms with Crippen molar-refractivity contribution < 1.29 is 9.53 Å². The molecule has 0 aromatic heterocycles. The summed E-state index contributed by atoms with van der Waals surface area (Å²) in [5.41, 5.74) is 0.640. The van der Waals surface area contributed by atoms with Gasteiger partial charge in [0.25, 0.3) is 0 Å². The lowest BCUT2D eigenvalue weighted by Gasteiger charge is -2.27. The van der Waals surface area contributed by atoms with Crippen molar-refractivity contribution in [1.82, 2.24) is 4.90 Å². The van der Waals surface area contributed by atoms with Crippen molar-refractivity contribution in [2.75, 3.05) is 31.1 Å². The van der Waals surface area contributed by atoms with Crippen LogP contribution in [0.4, 0.5) is 0 Å². The number of carbonyl (C=O) groups excluding carboxylic acids is 1. The van der Waals surface area contributed by atoms with Gasteiger partial charge in [-0.15, -0.1) is 0 Å². The van der Waals surface area contributed by atoms with Crippen LogP contribution in [0.2, 0.25) is 0 Å². The van der Waals surface area contributed by atoms with Gasteiger partial charge in [0.2, 0.25) is 0 Å². The summed E-state index contributed by atoms with van der Waals surface area (Å²) < 4.78 is 5.87. The molecule has 1 aromatic rings. The van der Waals surface area contributed by atoms with Gasteiger partial charge in [0.1, 0.15) is 6.10 Å². The normalized spacial score (nSPS) is 12.3. The fourth-order valence-electron chi connectivity index (χ4n) is 2.62. The van der Waals surface area contributed by atoms with E-state index in [0.29, 0.717) is 5.56 Å². The molecule has 0 saturated heterocycles. The summed E-state index contributed by atoms with van der Waals surface area (Å²) in [5.74, 6) is 1.79. The van der Waals surface area contributed by atoms with E-state index in [1.54, 1.807) is 0 Å². The first-order valence-electron chi connectivity index (χ1n) is 9.77. The Bertz CT molecular complexity index is 444. The van der Waals surface area contributed by atoms with Crippen LogP contribution in [0, 0.1) is 0 Å². The van der Waals surface area contributed by atoms with Crippen LogP contribution in [0.5, 0.6) is 0 Å². The smallest absolute Gasteiger partial charge is 0.338 e. The van der Waals surface area contributed by atoms with E-state index in [1.165, 1.54) is 25.7 Å². The van der Waals surface area contributed by atoms with Gasteiger partial charge in [-0.3, -0.25) is 4.90 Å². The van der Waals surface area contributed by atoms with Crippen molar-refractivity contribution in [2.45, 2.75) is 59.0 Å². The first-order chi connectivity index (χ1) is 12.2. The fraction of sp³-hybridized carbons (Fsp3) is 0.667. The second kappa shape index (κ2) is 14.2. The molecule has 0 fully saturated rings. The number of benzene rings is 1. The number of carbonyl (C=O) groups is 1. The lowest BCUT2D eigenvalue weighted by Crippen LogP contribution is -2.38. The molecule has 0 bridgehead atoms. The third kappa shape index (κ3) is 9.91. The van der Waals surface area contributed by atoms with Crippen molar-refractivity contribution in [3.05, 3.63) is 35.9 Å². The van der Waals surface area contributed by atoms with E-state index >= 15 is 0 Å². The van der Waals surface area contributed by atoms with Gasteiger partial charge in [-0.05, 0) is 50.2 Å². The maximum absolute atomic E-state index is 12.4. The topological polar surface area (TPSA) is 29.5 Å². The number of rotatable bonds is 14. The predicted octanol–water partition coefficient (Wildman–Crippen LogP) is 5.26. The summed E-state index contributed by atoms with van der Waals surface area (Å²) in [5, 5.41) is 0. The average molecular weight is 366 g/mol. The highest BCUT2D eigenvalue weighted by Gasteiger charge is 2.19. The van der Waals surface area contributed by atoms with E-state index in [9.17, 15) is 4.79 Å². The zero-order chi connectivity index (χ0) is 18.3. The zero-order valence-corrected chi connectivity index (χ0v) is 17.0. The van der Waals surface area contributed by atoms with E-state index in [2.05, 4.69) is 25.7 Å². The second-order valence-corrected chi connectivity index (χ2v) is 7.63. The molecule has 0 saturated carbocycles. The number of thioether (sulfide) groups is 1. The summed E-state index contributed by atoms with van der Waals surface area (Å²) >= 11 is 1.88. The molecule has 0 radical (unpaired) electrons. The Labute approximate surface area is 158 Å². The standard InChI is InChI=1S/C21H35NO2S/c1-4-7-14-22(15-8-5-2)17-20(18-25-16-6-3)24-21(23)19-12-10-9-11-13-19/h9-13,20H,4-8,14-18H2,1-3H3. The molecule has 1 rings (SSSR count). The molecule has 0 N–H and O–H groups in total. The van der Waals surface area contributed by atoms with Crippen LogP contribution in [0.1, 0.15) is 63.2 Å². The highest BCUT2D eigenvalue weighted by atomic mass is 32.2. The van der Waals surface area contributed by atoms with Crippen LogP contribution in [0.25, 0.3) is 0 Å². The molecule has 0 amide bonds. The van der Waals surface area contributed by atoms with E-state index in [1.807, 2.05) is 42.1 Å². The maximum Gasteiger partial charge on any atom is 0.338 e. The van der Waals surface area contributed by atoms with Gasteiger partial charge in [0, 0.05) is 12.3 Å². The molecule has 0 aliphatic heterocycles. The Hall–Kier alpha value is -1.00. The van der Waals surface area contributed by atoms with Crippen LogP contribution < -0.4 is 0 Å². The minimum Gasteiger partial charge on any atom is -0.457 e. The molecular formula is C21H35NO2S. The summed E-state index contributed by atoms with van der Waals surface area (Å²) in [6, 6.07) is 9.33. The molecule has 1 aromatic carbocycles. The fourth-order valence-corrected chi connectivity index (χ4v) is 3.51. The lowest BCUT2D eigenvalue weighted by atomic mass is 10.2. The quantitative estimate of drug-likeness (QED) is 0.332. The molecule has 0 aliphatic rings. The third-order valence-electron chi connectivity index (χ3n) is 4.05. The van der Waals surface area contributed by atoms with E-state index in [4.69, 9.17) is 4.74 Å². The Balaban J connectivity index is 2.66. The first-order valence-corrected chi connectivity index (χ1v) is 10.9. The SMILES string of the molecule is CCCCN(CCCC)CC(CSCCC)OC(=O)c1ccccc1. The number of hydrogen-bond acceptors (Lipinski definition) is 4. The van der Waals surface area contributed by atoms with Crippen molar-refractivity contribution >= 4 is 17.7 Å². The Kier molecular flexibility index (Phi) is 12.5. The molecule has 0 spiro atoms. The van der Waals surface area contributed by atoms with E-state index in [0.717, 1.165) is 37.6 Å². The number of unbranched alkanes of at least 4 members (excludes halogenated alkanes) is 2. The minimum atomic E-state index is -0.200. The van der Waals surface area contributed by atoms with Gasteiger partial charge < -0.3 is 4.74 Å². The summed E-state index contributed by atoms with van der Waals surface area (Å²) in [4.78, 5) is 14.9. The number of ether oxygens (including phenoxy) is 1. The maximum atomic E-state index is 12.4. The summed E-state index contributed by atoms with van der Waals surface area (Å²) in [7, 11) is 0. The Morgan fingerprint density at radius 2 is 1.68 bits per heavy atom. The van der Waals surface area contributed by atoms with Crippen molar-refractivity contribution in [2.24, 2.45) is 0 Å². The molecule has 142 valence electrons. The first kappa shape index (κ1) is 22.0. The van der Waals surface area contributed by atoms with Gasteiger partial charge in [-0.25, -0.2) is 4.79 Å². The summed E-state index contributed by atoms with van der Waals surface area (Å²) in [6.07, 6.45) is 5.90. The molecule has 0 heterocycles. The third-order valence-corrected chi connectivity index (χ3v) is 5.36. The van der Waals surface area contributed by atoms with Crippen LogP contribution in [-0.2, 0) is 4.74 Å². The molecular weight excluding hydrogens is 330 g/mol. The Morgan fingerprint density at radius 3 is 2.24 bits per heavy atom. The Morgan fingerprint density at radius 1 is 1.04 bits per heavy atom. The second-order valence-electron chi connectivity index (χ2n) is 6.48. The molecule has 3 nitrogen and oxygen atoms in total. The van der Waals surface area contributed by atoms with Crippen LogP contribution in [0.15, 0.2) is 30.3 Å². The van der Waals surface area contributed by atoms with Gasteiger partial charge >= 0.3 is 5.97 Å². The highest BCUT2D eigenvalue weighted by molar-refractivity contribution is 7.99. The number of nitrogens with zero attached hydrogens (tertiary/aromatic N) is 1. The average Bonchev–Trinajstić information content (AvgIpc) is 2.64. The highest BCUT2D eigenvalue weighted by Crippen LogP contribution is 2.13. The monoisotopic (exact) mass is 365 g/mol. The molecule has 4 heteroatoms. The van der Waals surface area contributed by atoms with Crippen LogP contribution >= 0.6 is 11.8 Å². The number of esters is 1. The summed E-state index contributed by atoms with van der Waals surface area (Å²) in [6.45, 7) is 9.66. The minimum absolute atomic E-state index is 0.0435. The zero-order valence-electron chi connectivity index (χ0n) is 16.2. The van der Waals surface area contributed by atoms with Gasteiger partial charge in [-0.2, -0.15) is 11.8 Å². The predicted molar refractivity (Wildman–Crippen MR) is 110 cm³/mol. The molecule has 1 unspecified atom stereocenters. The van der Waals surface area contributed by atoms with Crippen LogP contribution in [0.3, 0.4) is 0 Å².